The Kier molecular flexibility index (Phi) is 7.44. The Hall–Kier alpha value is -1.88. The fourth-order valence-corrected chi connectivity index (χ4v) is 3.48. The number of nitrogens with zero attached hydrogens (tertiary/aromatic N) is 1. The van der Waals surface area contributed by atoms with E-state index in [1.807, 2.05) is 25.1 Å². The molecule has 1 aliphatic rings. The average molecular weight is 346 g/mol. The first-order chi connectivity index (χ1) is 12.0. The molecule has 1 saturated heterocycles. The minimum absolute atomic E-state index is 0.0571. The summed E-state index contributed by atoms with van der Waals surface area (Å²) in [7, 11) is 0. The molecule has 1 heterocycles. The summed E-state index contributed by atoms with van der Waals surface area (Å²) in [5.74, 6) is -0.0233. The quantitative estimate of drug-likeness (QED) is 0.759. The highest BCUT2D eigenvalue weighted by atomic mass is 16.4. The van der Waals surface area contributed by atoms with Gasteiger partial charge in [0.15, 0.2) is 0 Å². The van der Waals surface area contributed by atoms with E-state index in [1.165, 1.54) is 5.56 Å². The Balaban J connectivity index is 1.79. The molecule has 0 aromatic heterocycles. The van der Waals surface area contributed by atoms with Crippen molar-refractivity contribution in [3.63, 3.8) is 0 Å². The molecule has 5 nitrogen and oxygen atoms in total. The highest BCUT2D eigenvalue weighted by Crippen LogP contribution is 2.22. The van der Waals surface area contributed by atoms with Crippen molar-refractivity contribution in [3.8, 4) is 0 Å². The van der Waals surface area contributed by atoms with Gasteiger partial charge in [-0.05, 0) is 50.1 Å². The third-order valence-electron chi connectivity index (χ3n) is 5.20. The van der Waals surface area contributed by atoms with Crippen LogP contribution in [0.5, 0.6) is 0 Å². The highest BCUT2D eigenvalue weighted by molar-refractivity contribution is 5.81. The molecule has 0 saturated carbocycles. The Morgan fingerprint density at radius 3 is 2.68 bits per heavy atom. The van der Waals surface area contributed by atoms with Crippen LogP contribution < -0.4 is 5.32 Å². The van der Waals surface area contributed by atoms with Gasteiger partial charge in [0.2, 0.25) is 5.91 Å². The number of carbonyl (C=O) groups is 2. The summed E-state index contributed by atoms with van der Waals surface area (Å²) >= 11 is 0. The third-order valence-corrected chi connectivity index (χ3v) is 5.20. The molecule has 3 unspecified atom stereocenters. The number of aliphatic carboxylic acids is 1. The first kappa shape index (κ1) is 19.4. The van der Waals surface area contributed by atoms with E-state index in [-0.39, 0.29) is 24.3 Å². The van der Waals surface area contributed by atoms with Gasteiger partial charge < -0.3 is 10.4 Å². The second-order valence-corrected chi connectivity index (χ2v) is 7.17. The highest BCUT2D eigenvalue weighted by Gasteiger charge is 2.27. The maximum Gasteiger partial charge on any atom is 0.303 e. The van der Waals surface area contributed by atoms with Crippen molar-refractivity contribution in [2.75, 3.05) is 19.6 Å². The number of benzene rings is 1. The smallest absolute Gasteiger partial charge is 0.303 e. The molecule has 0 bridgehead atoms. The van der Waals surface area contributed by atoms with E-state index < -0.39 is 5.97 Å². The summed E-state index contributed by atoms with van der Waals surface area (Å²) < 4.78 is 0. The van der Waals surface area contributed by atoms with E-state index in [0.29, 0.717) is 18.9 Å². The van der Waals surface area contributed by atoms with Crippen LogP contribution in [-0.4, -0.2) is 47.6 Å². The number of likely N-dealkylation sites (tertiary alicyclic amines) is 1. The molecule has 0 radical (unpaired) electrons. The van der Waals surface area contributed by atoms with Gasteiger partial charge in [0, 0.05) is 19.5 Å². The van der Waals surface area contributed by atoms with E-state index in [4.69, 9.17) is 5.11 Å². The van der Waals surface area contributed by atoms with Crippen LogP contribution >= 0.6 is 0 Å². The van der Waals surface area contributed by atoms with Crippen molar-refractivity contribution >= 4 is 11.9 Å². The molecule has 2 N–H and O–H groups in total. The van der Waals surface area contributed by atoms with Gasteiger partial charge in [0.1, 0.15) is 0 Å². The summed E-state index contributed by atoms with van der Waals surface area (Å²) in [6.07, 6.45) is 3.00. The average Bonchev–Trinajstić information content (AvgIpc) is 2.64. The van der Waals surface area contributed by atoms with Gasteiger partial charge in [-0.2, -0.15) is 0 Å². The molecule has 3 atom stereocenters. The predicted octanol–water partition coefficient (Wildman–Crippen LogP) is 2.87. The van der Waals surface area contributed by atoms with Gasteiger partial charge in [0.25, 0.3) is 0 Å². The van der Waals surface area contributed by atoms with Crippen LogP contribution in [0.1, 0.15) is 51.0 Å². The first-order valence-corrected chi connectivity index (χ1v) is 9.26. The van der Waals surface area contributed by atoms with Crippen molar-refractivity contribution in [3.05, 3.63) is 35.9 Å². The molecule has 1 fully saturated rings. The molecule has 1 amide bonds. The molecule has 1 aromatic rings. The number of carboxylic acid groups (broad SMARTS) is 1. The largest absolute Gasteiger partial charge is 0.481 e. The van der Waals surface area contributed by atoms with E-state index >= 15 is 0 Å². The van der Waals surface area contributed by atoms with Crippen molar-refractivity contribution in [1.29, 1.82) is 0 Å². The fourth-order valence-electron chi connectivity index (χ4n) is 3.48. The Morgan fingerprint density at radius 2 is 2.00 bits per heavy atom. The van der Waals surface area contributed by atoms with E-state index in [0.717, 1.165) is 25.9 Å². The van der Waals surface area contributed by atoms with E-state index in [9.17, 15) is 9.59 Å². The minimum atomic E-state index is -0.738. The fraction of sp³-hybridized carbons (Fsp3) is 0.600. The lowest BCUT2D eigenvalue weighted by Gasteiger charge is -2.36. The first-order valence-electron chi connectivity index (χ1n) is 9.26. The number of hydrogen-bond acceptors (Lipinski definition) is 3. The van der Waals surface area contributed by atoms with Crippen molar-refractivity contribution in [2.45, 2.75) is 51.5 Å². The maximum atomic E-state index is 12.5. The van der Waals surface area contributed by atoms with Gasteiger partial charge in [0.05, 0.1) is 6.04 Å². The molecule has 5 heteroatoms. The standard InChI is InChI=1S/C20H30N2O3/c1-15(18-8-4-3-5-9-18)13-21-20(25)16(2)22-12-6-7-17(14-22)10-11-19(23)24/h3-5,8-9,15-17H,6-7,10-14H2,1-2H3,(H,21,25)(H,23,24). The number of nitrogens with one attached hydrogen (secondary N) is 1. The molecule has 1 aliphatic heterocycles. The normalized spacial score (nSPS) is 20.6. The molecule has 25 heavy (non-hydrogen) atoms. The number of rotatable bonds is 8. The van der Waals surface area contributed by atoms with Gasteiger partial charge >= 0.3 is 5.97 Å². The van der Waals surface area contributed by atoms with E-state index in [1.54, 1.807) is 0 Å². The molecule has 2 rings (SSSR count). The van der Waals surface area contributed by atoms with E-state index in [2.05, 4.69) is 29.3 Å². The lowest BCUT2D eigenvalue weighted by atomic mass is 9.92. The second-order valence-electron chi connectivity index (χ2n) is 7.17. The van der Waals surface area contributed by atoms with Gasteiger partial charge in [-0.1, -0.05) is 37.3 Å². The second kappa shape index (κ2) is 9.56. The zero-order valence-electron chi connectivity index (χ0n) is 15.3. The zero-order valence-corrected chi connectivity index (χ0v) is 15.3. The Labute approximate surface area is 150 Å². The zero-order chi connectivity index (χ0) is 18.2. The van der Waals surface area contributed by atoms with Crippen molar-refractivity contribution in [1.82, 2.24) is 10.2 Å². The van der Waals surface area contributed by atoms with Crippen LogP contribution in [0.3, 0.4) is 0 Å². The number of amides is 1. The number of hydrogen-bond donors (Lipinski definition) is 2. The molecular formula is C20H30N2O3. The predicted molar refractivity (Wildman–Crippen MR) is 98.5 cm³/mol. The summed E-state index contributed by atoms with van der Waals surface area (Å²) in [5.41, 5.74) is 1.22. The SMILES string of the molecule is CC(CNC(=O)C(C)N1CCCC(CCC(=O)O)C1)c1ccccc1. The molecule has 1 aromatic carbocycles. The topological polar surface area (TPSA) is 69.6 Å². The monoisotopic (exact) mass is 346 g/mol. The molecule has 138 valence electrons. The van der Waals surface area contributed by atoms with Crippen LogP contribution in [0.4, 0.5) is 0 Å². The number of carboxylic acids is 1. The maximum absolute atomic E-state index is 12.5. The summed E-state index contributed by atoms with van der Waals surface area (Å²) in [6, 6.07) is 10.0. The van der Waals surface area contributed by atoms with Crippen molar-refractivity contribution < 1.29 is 14.7 Å². The Morgan fingerprint density at radius 1 is 1.28 bits per heavy atom. The number of piperidine rings is 1. The lowest BCUT2D eigenvalue weighted by Crippen LogP contribution is -2.49. The minimum Gasteiger partial charge on any atom is -0.481 e. The van der Waals surface area contributed by atoms with Crippen molar-refractivity contribution in [2.24, 2.45) is 5.92 Å². The van der Waals surface area contributed by atoms with Crippen LogP contribution in [0, 0.1) is 5.92 Å². The van der Waals surface area contributed by atoms with Crippen LogP contribution in [0.15, 0.2) is 30.3 Å². The van der Waals surface area contributed by atoms with Crippen LogP contribution in [0.2, 0.25) is 0 Å². The summed E-state index contributed by atoms with van der Waals surface area (Å²) in [6.45, 7) is 6.41. The third kappa shape index (κ3) is 6.16. The molecule has 0 aliphatic carbocycles. The summed E-state index contributed by atoms with van der Waals surface area (Å²) in [4.78, 5) is 25.5. The Bertz CT molecular complexity index is 561. The molecular weight excluding hydrogens is 316 g/mol. The summed E-state index contributed by atoms with van der Waals surface area (Å²) in [5, 5.41) is 11.9. The van der Waals surface area contributed by atoms with Crippen LogP contribution in [0.25, 0.3) is 0 Å². The lowest BCUT2D eigenvalue weighted by molar-refractivity contribution is -0.137. The number of carbonyl (C=O) groups excluding carboxylic acids is 1. The molecule has 0 spiro atoms. The van der Waals surface area contributed by atoms with Gasteiger partial charge in [-0.25, -0.2) is 0 Å². The van der Waals surface area contributed by atoms with Gasteiger partial charge in [-0.3, -0.25) is 14.5 Å². The van der Waals surface area contributed by atoms with Crippen LogP contribution in [-0.2, 0) is 9.59 Å². The van der Waals surface area contributed by atoms with Gasteiger partial charge in [-0.15, -0.1) is 0 Å².